The zero-order valence-electron chi connectivity index (χ0n) is 13.1. The van der Waals surface area contributed by atoms with Crippen LogP contribution in [-0.4, -0.2) is 30.6 Å². The lowest BCUT2D eigenvalue weighted by Gasteiger charge is -2.21. The van der Waals surface area contributed by atoms with E-state index in [4.69, 9.17) is 20.8 Å². The number of ether oxygens (including phenoxy) is 1. The maximum atomic E-state index is 12.0. The van der Waals surface area contributed by atoms with Crippen LogP contribution in [0.25, 0.3) is 0 Å². The molecule has 24 heavy (non-hydrogen) atoms. The molecule has 1 heterocycles. The predicted octanol–water partition coefficient (Wildman–Crippen LogP) is 1.90. The van der Waals surface area contributed by atoms with Crippen molar-refractivity contribution in [3.05, 3.63) is 47.4 Å². The third-order valence-corrected chi connectivity index (χ3v) is 3.50. The van der Waals surface area contributed by atoms with E-state index in [9.17, 15) is 14.7 Å². The summed E-state index contributed by atoms with van der Waals surface area (Å²) in [4.78, 5) is 23.9. The summed E-state index contributed by atoms with van der Waals surface area (Å²) in [6.45, 7) is 1.27. The molecular weight excluding hydrogens is 336 g/mol. The Morgan fingerprint density at radius 1 is 1.33 bits per heavy atom. The van der Waals surface area contributed by atoms with Crippen molar-refractivity contribution in [1.29, 1.82) is 0 Å². The number of rotatable bonds is 5. The fraction of sp³-hybridized carbons (Fsp3) is 0.250. The Bertz CT molecular complexity index is 728. The Morgan fingerprint density at radius 2 is 2.08 bits per heavy atom. The van der Waals surface area contributed by atoms with Crippen molar-refractivity contribution in [2.75, 3.05) is 19.0 Å². The summed E-state index contributed by atoms with van der Waals surface area (Å²) >= 11 is 5.86. The number of hydrogen-bond donors (Lipinski definition) is 3. The topological polar surface area (TPSA) is 101 Å². The molecule has 0 fully saturated rings. The van der Waals surface area contributed by atoms with Gasteiger partial charge in [0.05, 0.1) is 25.6 Å². The molecule has 0 bridgehead atoms. The molecule has 1 unspecified atom stereocenters. The first-order chi connectivity index (χ1) is 11.3. The fourth-order valence-electron chi connectivity index (χ4n) is 1.96. The van der Waals surface area contributed by atoms with Gasteiger partial charge in [0, 0.05) is 5.02 Å². The van der Waals surface area contributed by atoms with Crippen LogP contribution >= 0.6 is 11.6 Å². The Morgan fingerprint density at radius 3 is 2.71 bits per heavy atom. The van der Waals surface area contributed by atoms with Gasteiger partial charge < -0.3 is 24.9 Å². The minimum absolute atomic E-state index is 0.195. The molecule has 7 nitrogen and oxygen atoms in total. The van der Waals surface area contributed by atoms with Gasteiger partial charge in [-0.3, -0.25) is 9.59 Å². The molecule has 128 valence electrons. The van der Waals surface area contributed by atoms with Crippen LogP contribution in [-0.2, 0) is 15.2 Å². The molecule has 0 saturated carbocycles. The van der Waals surface area contributed by atoms with Crippen LogP contribution in [0.4, 0.5) is 5.69 Å². The fourth-order valence-corrected chi connectivity index (χ4v) is 2.13. The smallest absolute Gasteiger partial charge is 0.313 e. The van der Waals surface area contributed by atoms with Gasteiger partial charge >= 0.3 is 11.8 Å². The Labute approximate surface area is 143 Å². The maximum Gasteiger partial charge on any atom is 0.313 e. The van der Waals surface area contributed by atoms with Crippen molar-refractivity contribution >= 4 is 29.1 Å². The van der Waals surface area contributed by atoms with Crippen LogP contribution in [0.15, 0.2) is 41.0 Å². The van der Waals surface area contributed by atoms with Crippen LogP contribution in [0, 0.1) is 0 Å². The summed E-state index contributed by atoms with van der Waals surface area (Å²) in [7, 11) is 1.43. The molecule has 0 aliphatic carbocycles. The molecule has 0 radical (unpaired) electrons. The largest absolute Gasteiger partial charge is 0.495 e. The van der Waals surface area contributed by atoms with E-state index in [1.54, 1.807) is 24.3 Å². The second kappa shape index (κ2) is 7.37. The number of aliphatic hydroxyl groups is 1. The molecule has 2 amide bonds. The second-order valence-electron chi connectivity index (χ2n) is 5.23. The van der Waals surface area contributed by atoms with Gasteiger partial charge in [-0.15, -0.1) is 0 Å². The van der Waals surface area contributed by atoms with E-state index in [-0.39, 0.29) is 18.0 Å². The van der Waals surface area contributed by atoms with Crippen molar-refractivity contribution in [1.82, 2.24) is 5.32 Å². The molecule has 0 saturated heterocycles. The molecule has 1 aromatic heterocycles. The average molecular weight is 353 g/mol. The van der Waals surface area contributed by atoms with Crippen molar-refractivity contribution in [2.24, 2.45) is 0 Å². The highest BCUT2D eigenvalue weighted by Crippen LogP contribution is 2.27. The van der Waals surface area contributed by atoms with E-state index in [2.05, 4.69) is 10.6 Å². The van der Waals surface area contributed by atoms with Crippen molar-refractivity contribution in [3.8, 4) is 5.75 Å². The van der Waals surface area contributed by atoms with E-state index in [0.717, 1.165) is 0 Å². The van der Waals surface area contributed by atoms with Gasteiger partial charge in [0.2, 0.25) is 0 Å². The summed E-state index contributed by atoms with van der Waals surface area (Å²) in [5.74, 6) is -1.18. The number of carbonyl (C=O) groups excluding carboxylic acids is 2. The number of methoxy groups -OCH3 is 1. The lowest BCUT2D eigenvalue weighted by atomic mass is 10.0. The van der Waals surface area contributed by atoms with Crippen LogP contribution in [0.5, 0.6) is 5.75 Å². The zero-order chi connectivity index (χ0) is 17.7. The first kappa shape index (κ1) is 17.8. The average Bonchev–Trinajstić information content (AvgIpc) is 3.08. The molecule has 0 spiro atoms. The molecular formula is C16H17ClN2O5. The monoisotopic (exact) mass is 352 g/mol. The van der Waals surface area contributed by atoms with Gasteiger partial charge in [-0.05, 0) is 37.3 Å². The van der Waals surface area contributed by atoms with E-state index in [0.29, 0.717) is 10.8 Å². The predicted molar refractivity (Wildman–Crippen MR) is 87.9 cm³/mol. The summed E-state index contributed by atoms with van der Waals surface area (Å²) < 4.78 is 10.2. The quantitative estimate of drug-likeness (QED) is 0.713. The van der Waals surface area contributed by atoms with Crippen molar-refractivity contribution in [3.63, 3.8) is 0 Å². The number of carbonyl (C=O) groups is 2. The number of benzene rings is 1. The SMILES string of the molecule is COc1ccc(Cl)cc1NC(=O)C(=O)NCC(C)(O)c1ccco1. The van der Waals surface area contributed by atoms with Gasteiger partial charge in [0.1, 0.15) is 17.1 Å². The second-order valence-corrected chi connectivity index (χ2v) is 5.67. The molecule has 1 aromatic carbocycles. The Hall–Kier alpha value is -2.51. The molecule has 0 aliphatic heterocycles. The number of furan rings is 1. The summed E-state index contributed by atoms with van der Waals surface area (Å²) in [5, 5.41) is 15.4. The normalized spacial score (nSPS) is 13.0. The maximum absolute atomic E-state index is 12.0. The van der Waals surface area contributed by atoms with Gasteiger partial charge in [0.15, 0.2) is 0 Å². The lowest BCUT2D eigenvalue weighted by molar-refractivity contribution is -0.136. The molecule has 2 rings (SSSR count). The Balaban J connectivity index is 1.98. The molecule has 3 N–H and O–H groups in total. The zero-order valence-corrected chi connectivity index (χ0v) is 13.9. The third-order valence-electron chi connectivity index (χ3n) is 3.26. The Kier molecular flexibility index (Phi) is 5.48. The minimum Gasteiger partial charge on any atom is -0.495 e. The first-order valence-electron chi connectivity index (χ1n) is 7.02. The van der Waals surface area contributed by atoms with Crippen molar-refractivity contribution in [2.45, 2.75) is 12.5 Å². The van der Waals surface area contributed by atoms with Crippen LogP contribution in [0.2, 0.25) is 5.02 Å². The minimum atomic E-state index is -1.44. The van der Waals surface area contributed by atoms with Crippen LogP contribution < -0.4 is 15.4 Å². The van der Waals surface area contributed by atoms with Gasteiger partial charge in [-0.2, -0.15) is 0 Å². The van der Waals surface area contributed by atoms with Gasteiger partial charge in [-0.1, -0.05) is 11.6 Å². The van der Waals surface area contributed by atoms with Crippen LogP contribution in [0.3, 0.4) is 0 Å². The highest BCUT2D eigenvalue weighted by molar-refractivity contribution is 6.40. The van der Waals surface area contributed by atoms with E-state index in [1.807, 2.05) is 0 Å². The first-order valence-corrected chi connectivity index (χ1v) is 7.40. The molecule has 0 aliphatic rings. The number of halogens is 1. The molecule has 8 heteroatoms. The molecule has 2 aromatic rings. The summed E-state index contributed by atoms with van der Waals surface area (Å²) in [6.07, 6.45) is 1.41. The van der Waals surface area contributed by atoms with E-state index in [1.165, 1.54) is 26.4 Å². The van der Waals surface area contributed by atoms with Crippen LogP contribution in [0.1, 0.15) is 12.7 Å². The number of anilines is 1. The number of hydrogen-bond acceptors (Lipinski definition) is 5. The van der Waals surface area contributed by atoms with E-state index >= 15 is 0 Å². The third kappa shape index (κ3) is 4.27. The van der Waals surface area contributed by atoms with E-state index < -0.39 is 17.4 Å². The van der Waals surface area contributed by atoms with Gasteiger partial charge in [-0.25, -0.2) is 0 Å². The number of nitrogens with one attached hydrogen (secondary N) is 2. The highest BCUT2D eigenvalue weighted by atomic mass is 35.5. The standard InChI is InChI=1S/C16H17ClN2O5/c1-16(22,13-4-3-7-24-13)9-18-14(20)15(21)19-11-8-10(17)5-6-12(11)23-2/h3-8,22H,9H2,1-2H3,(H,18,20)(H,19,21). The highest BCUT2D eigenvalue weighted by Gasteiger charge is 2.28. The number of amides is 2. The summed E-state index contributed by atoms with van der Waals surface area (Å²) in [6, 6.07) is 7.81. The summed E-state index contributed by atoms with van der Waals surface area (Å²) in [5.41, 5.74) is -1.17. The molecule has 1 atom stereocenters. The van der Waals surface area contributed by atoms with Crippen molar-refractivity contribution < 1.29 is 23.8 Å². The van der Waals surface area contributed by atoms with Gasteiger partial charge in [0.25, 0.3) is 0 Å². The lowest BCUT2D eigenvalue weighted by Crippen LogP contribution is -2.43.